The Morgan fingerprint density at radius 2 is 1.70 bits per heavy atom. The molecule has 1 N–H and O–H groups in total. The van der Waals surface area contributed by atoms with E-state index in [9.17, 15) is 23.6 Å². The van der Waals surface area contributed by atoms with Gasteiger partial charge in [-0.15, -0.1) is 0 Å². The Balaban J connectivity index is 1.57. The predicted octanol–water partition coefficient (Wildman–Crippen LogP) is 0.442. The first kappa shape index (κ1) is 18.8. The summed E-state index contributed by atoms with van der Waals surface area (Å²) >= 11 is 0. The number of rotatable bonds is 3. The van der Waals surface area contributed by atoms with Crippen LogP contribution in [0, 0.1) is 5.82 Å². The van der Waals surface area contributed by atoms with Crippen LogP contribution in [0.4, 0.5) is 9.18 Å². The average molecular weight is 376 g/mol. The van der Waals surface area contributed by atoms with E-state index in [0.717, 1.165) is 0 Å². The molecule has 144 valence electrons. The molecule has 2 saturated heterocycles. The zero-order chi connectivity index (χ0) is 19.4. The van der Waals surface area contributed by atoms with Gasteiger partial charge in [-0.3, -0.25) is 19.7 Å². The lowest BCUT2D eigenvalue weighted by Crippen LogP contribution is -2.53. The molecule has 8 nitrogen and oxygen atoms in total. The third kappa shape index (κ3) is 4.42. The summed E-state index contributed by atoms with van der Waals surface area (Å²) in [5.74, 6) is -1.54. The largest absolute Gasteiger partial charge is 0.339 e. The number of benzene rings is 1. The molecule has 2 aliphatic heterocycles. The van der Waals surface area contributed by atoms with Crippen LogP contribution in [0.15, 0.2) is 24.3 Å². The third-order valence-corrected chi connectivity index (χ3v) is 4.71. The first-order valence-electron chi connectivity index (χ1n) is 8.86. The summed E-state index contributed by atoms with van der Waals surface area (Å²) in [6, 6.07) is 5.26. The van der Waals surface area contributed by atoms with Gasteiger partial charge in [0.2, 0.25) is 11.8 Å². The Hall–Kier alpha value is -2.97. The number of urea groups is 1. The zero-order valence-electron chi connectivity index (χ0n) is 14.8. The van der Waals surface area contributed by atoms with E-state index in [1.807, 2.05) is 0 Å². The van der Waals surface area contributed by atoms with E-state index in [1.165, 1.54) is 28.0 Å². The maximum atomic E-state index is 13.8. The van der Waals surface area contributed by atoms with Gasteiger partial charge in [0.25, 0.3) is 5.91 Å². The molecule has 0 atom stereocenters. The highest BCUT2D eigenvalue weighted by Crippen LogP contribution is 2.13. The first-order valence-corrected chi connectivity index (χ1v) is 8.86. The number of imide groups is 1. The molecule has 2 fully saturated rings. The predicted molar refractivity (Wildman–Crippen MR) is 93.2 cm³/mol. The normalized spacial score (nSPS) is 18.2. The Morgan fingerprint density at radius 1 is 1.00 bits per heavy atom. The smallest absolute Gasteiger partial charge is 0.324 e. The molecule has 1 aromatic carbocycles. The molecule has 0 aliphatic carbocycles. The summed E-state index contributed by atoms with van der Waals surface area (Å²) in [5.41, 5.74) is 0.0203. The van der Waals surface area contributed by atoms with Crippen molar-refractivity contribution in [2.24, 2.45) is 0 Å². The molecule has 27 heavy (non-hydrogen) atoms. The van der Waals surface area contributed by atoms with Crippen LogP contribution in [0.3, 0.4) is 0 Å². The van der Waals surface area contributed by atoms with E-state index >= 15 is 0 Å². The molecule has 3 rings (SSSR count). The number of amides is 5. The minimum atomic E-state index is -0.565. The van der Waals surface area contributed by atoms with Gasteiger partial charge in [0, 0.05) is 39.1 Å². The van der Waals surface area contributed by atoms with Crippen molar-refractivity contribution in [2.45, 2.75) is 12.8 Å². The van der Waals surface area contributed by atoms with Crippen molar-refractivity contribution in [3.05, 3.63) is 35.6 Å². The third-order valence-electron chi connectivity index (χ3n) is 4.71. The van der Waals surface area contributed by atoms with Gasteiger partial charge in [-0.25, -0.2) is 9.18 Å². The molecular formula is C18H21FN4O4. The lowest BCUT2D eigenvalue weighted by Gasteiger charge is -2.29. The highest BCUT2D eigenvalue weighted by atomic mass is 19.1. The monoisotopic (exact) mass is 376 g/mol. The average Bonchev–Trinajstić information content (AvgIpc) is 2.90. The van der Waals surface area contributed by atoms with Crippen LogP contribution in [0.25, 0.3) is 0 Å². The van der Waals surface area contributed by atoms with Crippen LogP contribution < -0.4 is 5.32 Å². The van der Waals surface area contributed by atoms with Gasteiger partial charge in [-0.2, -0.15) is 0 Å². The number of carbonyl (C=O) groups excluding carboxylic acids is 4. The van der Waals surface area contributed by atoms with Crippen molar-refractivity contribution < 1.29 is 23.6 Å². The summed E-state index contributed by atoms with van der Waals surface area (Å²) < 4.78 is 13.8. The molecule has 0 radical (unpaired) electrons. The van der Waals surface area contributed by atoms with E-state index in [2.05, 4.69) is 5.32 Å². The van der Waals surface area contributed by atoms with Crippen molar-refractivity contribution in [1.29, 1.82) is 0 Å². The van der Waals surface area contributed by atoms with Crippen molar-refractivity contribution in [3.8, 4) is 0 Å². The Kier molecular flexibility index (Phi) is 5.68. The number of hydrogen-bond acceptors (Lipinski definition) is 4. The zero-order valence-corrected chi connectivity index (χ0v) is 14.8. The fourth-order valence-electron chi connectivity index (χ4n) is 3.19. The lowest BCUT2D eigenvalue weighted by molar-refractivity contribution is -0.132. The fraction of sp³-hybridized carbons (Fsp3) is 0.444. The summed E-state index contributed by atoms with van der Waals surface area (Å²) in [5, 5.41) is 2.18. The summed E-state index contributed by atoms with van der Waals surface area (Å²) in [7, 11) is 0. The molecule has 9 heteroatoms. The molecule has 0 unspecified atom stereocenters. The minimum absolute atomic E-state index is 0.0203. The molecular weight excluding hydrogens is 355 g/mol. The van der Waals surface area contributed by atoms with Gasteiger partial charge in [0.1, 0.15) is 12.4 Å². The molecule has 0 saturated carbocycles. The maximum absolute atomic E-state index is 13.8. The highest BCUT2D eigenvalue weighted by molar-refractivity contribution is 5.98. The van der Waals surface area contributed by atoms with Crippen LogP contribution in [0.1, 0.15) is 23.2 Å². The number of nitrogens with zero attached hydrogens (tertiary/aromatic N) is 3. The molecule has 0 aromatic heterocycles. The van der Waals surface area contributed by atoms with Crippen molar-refractivity contribution in [2.75, 3.05) is 39.3 Å². The standard InChI is InChI=1S/C18H21FN4O4/c19-14-5-2-1-4-13(14)17(26)22-8-3-7-21(10-11-22)16(25)12-23-9-6-15(24)20-18(23)27/h1-2,4-5H,3,6-12H2,(H,20,24,27). The van der Waals surface area contributed by atoms with Gasteiger partial charge in [-0.05, 0) is 18.6 Å². The van der Waals surface area contributed by atoms with Crippen molar-refractivity contribution >= 4 is 23.8 Å². The SMILES string of the molecule is O=C1CCN(CC(=O)N2CCCN(C(=O)c3ccccc3F)CC2)C(=O)N1. The van der Waals surface area contributed by atoms with Gasteiger partial charge < -0.3 is 14.7 Å². The maximum Gasteiger partial charge on any atom is 0.324 e. The van der Waals surface area contributed by atoms with E-state index in [4.69, 9.17) is 0 Å². The Bertz CT molecular complexity index is 769. The number of carbonyl (C=O) groups is 4. The second-order valence-electron chi connectivity index (χ2n) is 6.53. The molecule has 0 bridgehead atoms. The number of halogens is 1. The fourth-order valence-corrected chi connectivity index (χ4v) is 3.19. The Labute approximate surface area is 155 Å². The number of hydrogen-bond donors (Lipinski definition) is 1. The molecule has 1 aromatic rings. The van der Waals surface area contributed by atoms with Crippen LogP contribution in [0.2, 0.25) is 0 Å². The highest BCUT2D eigenvalue weighted by Gasteiger charge is 2.28. The second kappa shape index (κ2) is 8.15. The topological polar surface area (TPSA) is 90.0 Å². The van der Waals surface area contributed by atoms with Gasteiger partial charge in [0.05, 0.1) is 5.56 Å². The Morgan fingerprint density at radius 3 is 2.44 bits per heavy atom. The lowest BCUT2D eigenvalue weighted by atomic mass is 10.2. The summed E-state index contributed by atoms with van der Waals surface area (Å²) in [6.07, 6.45) is 0.737. The molecule has 0 spiro atoms. The van der Waals surface area contributed by atoms with Crippen LogP contribution in [-0.2, 0) is 9.59 Å². The van der Waals surface area contributed by atoms with Crippen molar-refractivity contribution in [1.82, 2.24) is 20.0 Å². The van der Waals surface area contributed by atoms with E-state index in [-0.39, 0.29) is 36.9 Å². The van der Waals surface area contributed by atoms with E-state index < -0.39 is 17.8 Å². The molecule has 2 heterocycles. The molecule has 2 aliphatic rings. The van der Waals surface area contributed by atoms with E-state index in [0.29, 0.717) is 32.6 Å². The van der Waals surface area contributed by atoms with Crippen LogP contribution in [0.5, 0.6) is 0 Å². The van der Waals surface area contributed by atoms with Crippen LogP contribution >= 0.6 is 0 Å². The second-order valence-corrected chi connectivity index (χ2v) is 6.53. The summed E-state index contributed by atoms with van der Waals surface area (Å²) in [6.45, 7) is 1.59. The van der Waals surface area contributed by atoms with E-state index in [1.54, 1.807) is 11.0 Å². The van der Waals surface area contributed by atoms with Gasteiger partial charge in [0.15, 0.2) is 0 Å². The number of nitrogens with one attached hydrogen (secondary N) is 1. The van der Waals surface area contributed by atoms with Gasteiger partial charge >= 0.3 is 6.03 Å². The first-order chi connectivity index (χ1) is 13.0. The molecule has 5 amide bonds. The van der Waals surface area contributed by atoms with Crippen molar-refractivity contribution in [3.63, 3.8) is 0 Å². The van der Waals surface area contributed by atoms with Gasteiger partial charge in [-0.1, -0.05) is 12.1 Å². The summed E-state index contributed by atoms with van der Waals surface area (Å²) in [4.78, 5) is 52.4. The minimum Gasteiger partial charge on any atom is -0.339 e. The quantitative estimate of drug-likeness (QED) is 0.829. The van der Waals surface area contributed by atoms with Crippen LogP contribution in [-0.4, -0.2) is 77.7 Å².